The predicted molar refractivity (Wildman–Crippen MR) is 51.7 cm³/mol. The average molecular weight is 177 g/mol. The van der Waals surface area contributed by atoms with Crippen LogP contribution in [-0.2, 0) is 4.79 Å². The molecule has 0 N–H and O–H groups in total. The van der Waals surface area contributed by atoms with Gasteiger partial charge in [0.1, 0.15) is 5.75 Å². The van der Waals surface area contributed by atoms with Crippen LogP contribution in [0.1, 0.15) is 25.3 Å². The van der Waals surface area contributed by atoms with Crippen molar-refractivity contribution < 1.29 is 9.53 Å². The molecule has 0 spiro atoms. The molecule has 0 aliphatic rings. The smallest absolute Gasteiger partial charge is 0.206 e. The molecule has 0 saturated carbocycles. The summed E-state index contributed by atoms with van der Waals surface area (Å²) in [5.41, 5.74) is 0.902. The van der Waals surface area contributed by atoms with E-state index in [1.165, 1.54) is 0 Å². The molecule has 1 aromatic rings. The van der Waals surface area contributed by atoms with Gasteiger partial charge in [-0.05, 0) is 13.0 Å². The number of rotatable bonds is 4. The first kappa shape index (κ1) is 9.78. The predicted octanol–water partition coefficient (Wildman–Crippen LogP) is 2.30. The largest absolute Gasteiger partial charge is 0.494 e. The van der Waals surface area contributed by atoms with Crippen LogP contribution in [0.2, 0.25) is 0 Å². The molecule has 1 unspecified atom stereocenters. The SMILES string of the molecule is CCOc1ccccc1C(C)[C]=O. The molecule has 13 heavy (non-hydrogen) atoms. The van der Waals surface area contributed by atoms with Gasteiger partial charge in [-0.15, -0.1) is 0 Å². The summed E-state index contributed by atoms with van der Waals surface area (Å²) in [6.07, 6.45) is 1.95. The van der Waals surface area contributed by atoms with Crippen LogP contribution in [0.25, 0.3) is 0 Å². The Balaban J connectivity index is 2.96. The lowest BCUT2D eigenvalue weighted by atomic mass is 10.0. The summed E-state index contributed by atoms with van der Waals surface area (Å²) in [6.45, 7) is 4.35. The summed E-state index contributed by atoms with van der Waals surface area (Å²) >= 11 is 0. The topological polar surface area (TPSA) is 26.3 Å². The van der Waals surface area contributed by atoms with Crippen molar-refractivity contribution in [2.24, 2.45) is 0 Å². The Bertz CT molecular complexity index is 281. The third-order valence-electron chi connectivity index (χ3n) is 1.86. The van der Waals surface area contributed by atoms with Crippen LogP contribution < -0.4 is 4.74 Å². The highest BCUT2D eigenvalue weighted by Crippen LogP contribution is 2.24. The zero-order valence-corrected chi connectivity index (χ0v) is 7.91. The van der Waals surface area contributed by atoms with Crippen molar-refractivity contribution in [3.05, 3.63) is 29.8 Å². The van der Waals surface area contributed by atoms with Gasteiger partial charge in [-0.25, -0.2) is 0 Å². The van der Waals surface area contributed by atoms with E-state index in [-0.39, 0.29) is 5.92 Å². The summed E-state index contributed by atoms with van der Waals surface area (Å²) in [6, 6.07) is 7.55. The lowest BCUT2D eigenvalue weighted by molar-refractivity contribution is 0.336. The van der Waals surface area contributed by atoms with Crippen LogP contribution in [0.4, 0.5) is 0 Å². The molecule has 69 valence electrons. The van der Waals surface area contributed by atoms with Gasteiger partial charge in [0.25, 0.3) is 0 Å². The molecule has 2 nitrogen and oxygen atoms in total. The fourth-order valence-corrected chi connectivity index (χ4v) is 1.19. The molecule has 0 heterocycles. The first-order valence-corrected chi connectivity index (χ1v) is 4.39. The van der Waals surface area contributed by atoms with E-state index in [2.05, 4.69) is 0 Å². The van der Waals surface area contributed by atoms with Crippen LogP contribution in [0.5, 0.6) is 5.75 Å². The first-order chi connectivity index (χ1) is 6.29. The lowest BCUT2D eigenvalue weighted by Crippen LogP contribution is -2.00. The number of ether oxygens (including phenoxy) is 1. The second-order valence-electron chi connectivity index (χ2n) is 2.81. The van der Waals surface area contributed by atoms with Crippen LogP contribution in [0.3, 0.4) is 0 Å². The maximum absolute atomic E-state index is 10.5. The Morgan fingerprint density at radius 3 is 2.77 bits per heavy atom. The monoisotopic (exact) mass is 177 g/mol. The zero-order valence-electron chi connectivity index (χ0n) is 7.91. The Morgan fingerprint density at radius 2 is 2.15 bits per heavy atom. The van der Waals surface area contributed by atoms with Crippen LogP contribution in [0.15, 0.2) is 24.3 Å². The number of benzene rings is 1. The average Bonchev–Trinajstić information content (AvgIpc) is 2.18. The van der Waals surface area contributed by atoms with E-state index >= 15 is 0 Å². The third-order valence-corrected chi connectivity index (χ3v) is 1.86. The van der Waals surface area contributed by atoms with Crippen LogP contribution in [-0.4, -0.2) is 12.9 Å². The molecular weight excluding hydrogens is 164 g/mol. The fourth-order valence-electron chi connectivity index (χ4n) is 1.19. The fraction of sp³-hybridized carbons (Fsp3) is 0.364. The maximum atomic E-state index is 10.5. The number of hydrogen-bond donors (Lipinski definition) is 0. The van der Waals surface area contributed by atoms with E-state index in [4.69, 9.17) is 4.74 Å². The van der Waals surface area contributed by atoms with Crippen molar-refractivity contribution in [3.8, 4) is 5.75 Å². The standard InChI is InChI=1S/C11H13O2/c1-3-13-11-7-5-4-6-10(11)9(2)8-12/h4-7,9H,3H2,1-2H3. The van der Waals surface area contributed by atoms with Crippen molar-refractivity contribution in [1.29, 1.82) is 0 Å². The molecule has 0 aromatic heterocycles. The Labute approximate surface area is 78.5 Å². The summed E-state index contributed by atoms with van der Waals surface area (Å²) < 4.78 is 5.38. The van der Waals surface area contributed by atoms with Gasteiger partial charge in [-0.1, -0.05) is 25.1 Å². The summed E-state index contributed by atoms with van der Waals surface area (Å²) in [7, 11) is 0. The Morgan fingerprint density at radius 1 is 1.46 bits per heavy atom. The van der Waals surface area contributed by atoms with Crippen molar-refractivity contribution in [1.82, 2.24) is 0 Å². The van der Waals surface area contributed by atoms with Gasteiger partial charge in [-0.3, -0.25) is 4.79 Å². The van der Waals surface area contributed by atoms with Gasteiger partial charge in [0.15, 0.2) is 0 Å². The van der Waals surface area contributed by atoms with Crippen molar-refractivity contribution in [3.63, 3.8) is 0 Å². The minimum absolute atomic E-state index is 0.220. The molecule has 0 aliphatic carbocycles. The van der Waals surface area contributed by atoms with E-state index in [0.717, 1.165) is 11.3 Å². The Kier molecular flexibility index (Phi) is 3.50. The van der Waals surface area contributed by atoms with E-state index < -0.39 is 0 Å². The second-order valence-corrected chi connectivity index (χ2v) is 2.81. The van der Waals surface area contributed by atoms with Gasteiger partial charge < -0.3 is 4.74 Å². The van der Waals surface area contributed by atoms with Crippen LogP contribution in [0, 0.1) is 0 Å². The molecule has 1 aromatic carbocycles. The minimum Gasteiger partial charge on any atom is -0.494 e. The molecule has 0 saturated heterocycles. The van der Waals surface area contributed by atoms with Gasteiger partial charge in [0.2, 0.25) is 6.29 Å². The molecule has 0 fully saturated rings. The first-order valence-electron chi connectivity index (χ1n) is 4.39. The molecule has 1 rings (SSSR count). The quantitative estimate of drug-likeness (QED) is 0.705. The molecule has 2 heteroatoms. The molecule has 0 aliphatic heterocycles. The molecule has 1 atom stereocenters. The highest BCUT2D eigenvalue weighted by Gasteiger charge is 2.09. The molecule has 1 radical (unpaired) electrons. The van der Waals surface area contributed by atoms with Crippen molar-refractivity contribution in [2.45, 2.75) is 19.8 Å². The van der Waals surface area contributed by atoms with Crippen LogP contribution >= 0.6 is 0 Å². The van der Waals surface area contributed by atoms with E-state index in [1.807, 2.05) is 44.4 Å². The van der Waals surface area contributed by atoms with Gasteiger partial charge in [0, 0.05) is 5.56 Å². The molecule has 0 bridgehead atoms. The van der Waals surface area contributed by atoms with Gasteiger partial charge in [-0.2, -0.15) is 0 Å². The maximum Gasteiger partial charge on any atom is 0.206 e. The van der Waals surface area contributed by atoms with Crippen molar-refractivity contribution in [2.75, 3.05) is 6.61 Å². The second kappa shape index (κ2) is 4.65. The highest BCUT2D eigenvalue weighted by atomic mass is 16.5. The van der Waals surface area contributed by atoms with E-state index in [1.54, 1.807) is 0 Å². The van der Waals surface area contributed by atoms with E-state index in [0.29, 0.717) is 6.61 Å². The number of carbonyl (C=O) groups excluding carboxylic acids is 1. The number of hydrogen-bond acceptors (Lipinski definition) is 2. The number of para-hydroxylation sites is 1. The summed E-state index contributed by atoms with van der Waals surface area (Å²) in [5, 5.41) is 0. The summed E-state index contributed by atoms with van der Waals surface area (Å²) in [4.78, 5) is 10.5. The molecule has 0 amide bonds. The van der Waals surface area contributed by atoms with Crippen molar-refractivity contribution >= 4 is 6.29 Å². The third kappa shape index (κ3) is 2.31. The van der Waals surface area contributed by atoms with E-state index in [9.17, 15) is 4.79 Å². The normalized spacial score (nSPS) is 12.2. The Hall–Kier alpha value is -1.31. The van der Waals surface area contributed by atoms with Gasteiger partial charge >= 0.3 is 0 Å². The minimum atomic E-state index is -0.220. The highest BCUT2D eigenvalue weighted by molar-refractivity contribution is 5.64. The summed E-state index contributed by atoms with van der Waals surface area (Å²) in [5.74, 6) is 0.559. The van der Waals surface area contributed by atoms with Gasteiger partial charge in [0.05, 0.1) is 12.5 Å². The zero-order chi connectivity index (χ0) is 9.68. The lowest BCUT2D eigenvalue weighted by Gasteiger charge is -2.10. The molecular formula is C11H13O2.